The molecule has 22 heavy (non-hydrogen) atoms. The van der Waals surface area contributed by atoms with E-state index in [1.165, 1.54) is 42.5 Å². The van der Waals surface area contributed by atoms with Crippen LogP contribution in [0.5, 0.6) is 5.75 Å². The highest BCUT2D eigenvalue weighted by Gasteiger charge is 2.08. The standard InChI is InChI=1S/C15H13F3N2O2/c1-9-5-6-10(16)7-13(9)20-15(21)19-11-3-2-4-12(8-11)22-14(17)18/h2-8,14H,1H3,(H2,19,20,21). The van der Waals surface area contributed by atoms with E-state index in [1.807, 2.05) is 0 Å². The first-order valence-corrected chi connectivity index (χ1v) is 6.33. The second kappa shape index (κ2) is 6.84. The summed E-state index contributed by atoms with van der Waals surface area (Å²) in [5.74, 6) is -0.553. The summed E-state index contributed by atoms with van der Waals surface area (Å²) >= 11 is 0. The quantitative estimate of drug-likeness (QED) is 0.880. The third kappa shape index (κ3) is 4.41. The monoisotopic (exact) mass is 310 g/mol. The van der Waals surface area contributed by atoms with Gasteiger partial charge in [-0.1, -0.05) is 12.1 Å². The lowest BCUT2D eigenvalue weighted by atomic mass is 10.2. The predicted molar refractivity (Wildman–Crippen MR) is 76.9 cm³/mol. The molecular weight excluding hydrogens is 297 g/mol. The molecule has 0 aliphatic rings. The Hall–Kier alpha value is -2.70. The molecule has 0 fully saturated rings. The number of benzene rings is 2. The van der Waals surface area contributed by atoms with Crippen molar-refractivity contribution >= 4 is 17.4 Å². The molecule has 0 atom stereocenters. The molecule has 2 aromatic rings. The summed E-state index contributed by atoms with van der Waals surface area (Å²) in [6.45, 7) is -1.23. The molecule has 0 spiro atoms. The minimum absolute atomic E-state index is 0.0743. The van der Waals surface area contributed by atoms with Gasteiger partial charge in [0.1, 0.15) is 11.6 Å². The molecule has 4 nitrogen and oxygen atoms in total. The van der Waals surface area contributed by atoms with Crippen LogP contribution in [0.25, 0.3) is 0 Å². The average Bonchev–Trinajstić information content (AvgIpc) is 2.42. The lowest BCUT2D eigenvalue weighted by molar-refractivity contribution is -0.0497. The lowest BCUT2D eigenvalue weighted by Gasteiger charge is -2.11. The number of halogens is 3. The Labute approximate surface area is 124 Å². The Morgan fingerprint density at radius 3 is 2.64 bits per heavy atom. The largest absolute Gasteiger partial charge is 0.435 e. The van der Waals surface area contributed by atoms with E-state index in [1.54, 1.807) is 6.92 Å². The molecule has 7 heteroatoms. The van der Waals surface area contributed by atoms with E-state index < -0.39 is 18.5 Å². The van der Waals surface area contributed by atoms with Crippen LogP contribution in [0.15, 0.2) is 42.5 Å². The van der Waals surface area contributed by atoms with Crippen LogP contribution in [-0.4, -0.2) is 12.6 Å². The van der Waals surface area contributed by atoms with Crippen LogP contribution in [0.1, 0.15) is 5.56 Å². The minimum Gasteiger partial charge on any atom is -0.435 e. The molecule has 0 unspecified atom stereocenters. The van der Waals surface area contributed by atoms with E-state index in [4.69, 9.17) is 0 Å². The van der Waals surface area contributed by atoms with Crippen molar-refractivity contribution in [3.05, 3.63) is 53.8 Å². The number of amides is 2. The fourth-order valence-electron chi connectivity index (χ4n) is 1.76. The normalized spacial score (nSPS) is 10.4. The maximum absolute atomic E-state index is 13.1. The number of rotatable bonds is 4. The topological polar surface area (TPSA) is 50.4 Å². The summed E-state index contributed by atoms with van der Waals surface area (Å²) in [4.78, 5) is 11.8. The fraction of sp³-hybridized carbons (Fsp3) is 0.133. The molecule has 2 aromatic carbocycles. The Balaban J connectivity index is 2.04. The Bertz CT molecular complexity index is 678. The third-order valence-electron chi connectivity index (χ3n) is 2.76. The number of urea groups is 1. The first-order chi connectivity index (χ1) is 10.4. The summed E-state index contributed by atoms with van der Waals surface area (Å²) in [7, 11) is 0. The number of carbonyl (C=O) groups excluding carboxylic acids is 1. The molecule has 0 bridgehead atoms. The molecule has 0 saturated carbocycles. The molecule has 0 aliphatic heterocycles. The second-order valence-electron chi connectivity index (χ2n) is 4.44. The van der Waals surface area contributed by atoms with Gasteiger partial charge in [0, 0.05) is 17.4 Å². The second-order valence-corrected chi connectivity index (χ2v) is 4.44. The van der Waals surface area contributed by atoms with Gasteiger partial charge in [-0.25, -0.2) is 9.18 Å². The van der Waals surface area contributed by atoms with E-state index >= 15 is 0 Å². The lowest BCUT2D eigenvalue weighted by Crippen LogP contribution is -2.20. The number of alkyl halides is 2. The predicted octanol–water partition coefficient (Wildman–Crippen LogP) is 4.38. The van der Waals surface area contributed by atoms with Crippen molar-refractivity contribution in [3.8, 4) is 5.75 Å². The van der Waals surface area contributed by atoms with Gasteiger partial charge in [-0.2, -0.15) is 8.78 Å². The number of carbonyl (C=O) groups is 1. The van der Waals surface area contributed by atoms with Crippen LogP contribution in [0.4, 0.5) is 29.3 Å². The fourth-order valence-corrected chi connectivity index (χ4v) is 1.76. The van der Waals surface area contributed by atoms with Crippen molar-refractivity contribution in [2.75, 3.05) is 10.6 Å². The zero-order chi connectivity index (χ0) is 16.1. The van der Waals surface area contributed by atoms with Crippen LogP contribution < -0.4 is 15.4 Å². The summed E-state index contributed by atoms with van der Waals surface area (Å²) in [5, 5.41) is 4.93. The zero-order valence-electron chi connectivity index (χ0n) is 11.6. The highest BCUT2D eigenvalue weighted by molar-refractivity contribution is 6.00. The smallest absolute Gasteiger partial charge is 0.387 e. The van der Waals surface area contributed by atoms with Crippen molar-refractivity contribution < 1.29 is 22.7 Å². The number of anilines is 2. The first kappa shape index (κ1) is 15.7. The van der Waals surface area contributed by atoms with Crippen molar-refractivity contribution in [3.63, 3.8) is 0 Å². The molecule has 0 aromatic heterocycles. The SMILES string of the molecule is Cc1ccc(F)cc1NC(=O)Nc1cccc(OC(F)F)c1. The molecule has 0 radical (unpaired) electrons. The van der Waals surface area contributed by atoms with Gasteiger partial charge in [0.05, 0.1) is 0 Å². The van der Waals surface area contributed by atoms with Crippen LogP contribution in [0.3, 0.4) is 0 Å². The van der Waals surface area contributed by atoms with E-state index in [0.717, 1.165) is 0 Å². The van der Waals surface area contributed by atoms with Gasteiger partial charge in [0.15, 0.2) is 0 Å². The van der Waals surface area contributed by atoms with E-state index in [9.17, 15) is 18.0 Å². The maximum Gasteiger partial charge on any atom is 0.387 e. The van der Waals surface area contributed by atoms with Gasteiger partial charge in [-0.15, -0.1) is 0 Å². The molecule has 0 heterocycles. The van der Waals surface area contributed by atoms with Crippen LogP contribution in [-0.2, 0) is 0 Å². The van der Waals surface area contributed by atoms with Crippen LogP contribution >= 0.6 is 0 Å². The molecular formula is C15H13F3N2O2. The van der Waals surface area contributed by atoms with Gasteiger partial charge < -0.3 is 15.4 Å². The van der Waals surface area contributed by atoms with Crippen LogP contribution in [0, 0.1) is 12.7 Å². The van der Waals surface area contributed by atoms with Gasteiger partial charge in [-0.05, 0) is 36.8 Å². The van der Waals surface area contributed by atoms with E-state index in [2.05, 4.69) is 15.4 Å². The van der Waals surface area contributed by atoms with Crippen molar-refractivity contribution in [1.29, 1.82) is 0 Å². The summed E-state index contributed by atoms with van der Waals surface area (Å²) < 4.78 is 41.6. The van der Waals surface area contributed by atoms with Gasteiger partial charge in [-0.3, -0.25) is 0 Å². The van der Waals surface area contributed by atoms with Gasteiger partial charge >= 0.3 is 12.6 Å². The summed E-state index contributed by atoms with van der Waals surface area (Å²) in [6, 6.07) is 8.94. The number of hydrogen-bond acceptors (Lipinski definition) is 2. The zero-order valence-corrected chi connectivity index (χ0v) is 11.6. The minimum atomic E-state index is -2.95. The molecule has 2 rings (SSSR count). The Morgan fingerprint density at radius 2 is 1.91 bits per heavy atom. The van der Waals surface area contributed by atoms with Gasteiger partial charge in [0.25, 0.3) is 0 Å². The van der Waals surface area contributed by atoms with Gasteiger partial charge in [0.2, 0.25) is 0 Å². The Morgan fingerprint density at radius 1 is 1.14 bits per heavy atom. The van der Waals surface area contributed by atoms with Crippen molar-refractivity contribution in [1.82, 2.24) is 0 Å². The molecule has 2 amide bonds. The van der Waals surface area contributed by atoms with Crippen molar-refractivity contribution in [2.24, 2.45) is 0 Å². The van der Waals surface area contributed by atoms with E-state index in [-0.39, 0.29) is 11.4 Å². The highest BCUT2D eigenvalue weighted by atomic mass is 19.3. The highest BCUT2D eigenvalue weighted by Crippen LogP contribution is 2.20. The number of nitrogens with one attached hydrogen (secondary N) is 2. The summed E-state index contributed by atoms with van der Waals surface area (Å²) in [5.41, 5.74) is 1.27. The first-order valence-electron chi connectivity index (χ1n) is 6.33. The number of hydrogen-bond donors (Lipinski definition) is 2. The number of aryl methyl sites for hydroxylation is 1. The van der Waals surface area contributed by atoms with Crippen molar-refractivity contribution in [2.45, 2.75) is 13.5 Å². The Kier molecular flexibility index (Phi) is 4.88. The summed E-state index contributed by atoms with van der Waals surface area (Å²) in [6.07, 6.45) is 0. The molecule has 0 aliphatic carbocycles. The van der Waals surface area contributed by atoms with Crippen LogP contribution in [0.2, 0.25) is 0 Å². The maximum atomic E-state index is 13.1. The molecule has 2 N–H and O–H groups in total. The average molecular weight is 310 g/mol. The third-order valence-corrected chi connectivity index (χ3v) is 2.76. The number of ether oxygens (including phenoxy) is 1. The molecule has 0 saturated heterocycles. The van der Waals surface area contributed by atoms with E-state index in [0.29, 0.717) is 11.3 Å². The molecule has 116 valence electrons.